The van der Waals surface area contributed by atoms with E-state index >= 15 is 0 Å². The number of fused-ring (bicyclic) bond motifs is 1. The van der Waals surface area contributed by atoms with Gasteiger partial charge in [-0.1, -0.05) is 38.5 Å². The molecule has 3 aromatic rings. The lowest BCUT2D eigenvalue weighted by molar-refractivity contribution is -0.145. The molecule has 1 aliphatic rings. The van der Waals surface area contributed by atoms with Gasteiger partial charge < -0.3 is 14.5 Å². The molecule has 4 rings (SSSR count). The van der Waals surface area contributed by atoms with E-state index in [4.69, 9.17) is 14.7 Å². The molecule has 9 nitrogen and oxygen atoms in total. The molecule has 1 amide bonds. The minimum atomic E-state index is -0.327. The fourth-order valence-corrected chi connectivity index (χ4v) is 4.46. The number of anilines is 1. The minimum Gasteiger partial charge on any atom is -0.466 e. The predicted octanol–water partition coefficient (Wildman–Crippen LogP) is 3.71. The number of aromatic nitrogens is 4. The summed E-state index contributed by atoms with van der Waals surface area (Å²) in [6.07, 6.45) is 4.20. The number of hydrogen-bond acceptors (Lipinski definition) is 7. The second kappa shape index (κ2) is 11.3. The van der Waals surface area contributed by atoms with Gasteiger partial charge in [-0.05, 0) is 25.5 Å². The maximum atomic E-state index is 12.6. The summed E-state index contributed by atoms with van der Waals surface area (Å²) in [5.41, 5.74) is 1.75. The summed E-state index contributed by atoms with van der Waals surface area (Å²) in [7, 11) is 0. The summed E-state index contributed by atoms with van der Waals surface area (Å²) in [5, 5.41) is 5.55. The van der Waals surface area contributed by atoms with Gasteiger partial charge in [-0.15, -0.1) is 0 Å². The molecule has 0 N–H and O–H groups in total. The lowest BCUT2D eigenvalue weighted by Gasteiger charge is -2.36. The highest BCUT2D eigenvalue weighted by Gasteiger charge is 2.26. The third-order valence-corrected chi connectivity index (χ3v) is 6.37. The highest BCUT2D eigenvalue weighted by Crippen LogP contribution is 2.29. The Morgan fingerprint density at radius 3 is 2.46 bits per heavy atom. The largest absolute Gasteiger partial charge is 0.466 e. The molecule has 9 heteroatoms. The Kier molecular flexibility index (Phi) is 7.94. The van der Waals surface area contributed by atoms with Crippen molar-refractivity contribution >= 4 is 28.7 Å². The first-order valence-electron chi connectivity index (χ1n) is 12.5. The molecule has 3 heterocycles. The van der Waals surface area contributed by atoms with E-state index in [9.17, 15) is 9.59 Å². The van der Waals surface area contributed by atoms with Gasteiger partial charge in [0.2, 0.25) is 5.91 Å². The molecule has 0 spiro atoms. The van der Waals surface area contributed by atoms with Crippen molar-refractivity contribution in [1.82, 2.24) is 24.6 Å². The average molecular weight is 479 g/mol. The van der Waals surface area contributed by atoms with Crippen LogP contribution in [0, 0.1) is 0 Å². The number of benzene rings is 1. The zero-order valence-electron chi connectivity index (χ0n) is 20.8. The van der Waals surface area contributed by atoms with Crippen LogP contribution >= 0.6 is 0 Å². The lowest BCUT2D eigenvalue weighted by Crippen LogP contribution is -2.49. The number of esters is 1. The zero-order valence-corrected chi connectivity index (χ0v) is 20.8. The van der Waals surface area contributed by atoms with Gasteiger partial charge in [-0.3, -0.25) is 9.59 Å². The standard InChI is InChI=1S/C26H34N6O3/c1-4-9-19(3)24-28-25(21-18-27-32(26(21)29-24)20-10-7-6-8-11-20)31-16-14-30(15-17-31)22(33)12-13-23(34)35-5-2/h6-8,10-11,18-19H,4-5,9,12-17H2,1-3H3/t19-/m0/s1. The lowest BCUT2D eigenvalue weighted by atomic mass is 10.1. The van der Waals surface area contributed by atoms with Crippen molar-refractivity contribution in [1.29, 1.82) is 0 Å². The molecule has 1 fully saturated rings. The molecule has 186 valence electrons. The first kappa shape index (κ1) is 24.6. The molecule has 0 radical (unpaired) electrons. The van der Waals surface area contributed by atoms with E-state index in [0.717, 1.165) is 41.2 Å². The molecule has 35 heavy (non-hydrogen) atoms. The van der Waals surface area contributed by atoms with Crippen LogP contribution in [0.3, 0.4) is 0 Å². The van der Waals surface area contributed by atoms with Crippen LogP contribution in [0.1, 0.15) is 58.2 Å². The van der Waals surface area contributed by atoms with Crippen LogP contribution in [-0.2, 0) is 14.3 Å². The van der Waals surface area contributed by atoms with Crippen molar-refractivity contribution in [2.24, 2.45) is 0 Å². The summed E-state index contributed by atoms with van der Waals surface area (Å²) >= 11 is 0. The van der Waals surface area contributed by atoms with E-state index in [-0.39, 0.29) is 30.6 Å². The Labute approximate surface area is 206 Å². The Balaban J connectivity index is 1.56. The summed E-state index contributed by atoms with van der Waals surface area (Å²) in [5.74, 6) is 1.58. The van der Waals surface area contributed by atoms with Gasteiger partial charge in [-0.25, -0.2) is 14.6 Å². The fourth-order valence-electron chi connectivity index (χ4n) is 4.46. The van der Waals surface area contributed by atoms with E-state index < -0.39 is 0 Å². The van der Waals surface area contributed by atoms with Gasteiger partial charge in [0.15, 0.2) is 5.65 Å². The van der Waals surface area contributed by atoms with Gasteiger partial charge >= 0.3 is 5.97 Å². The molecule has 1 atom stereocenters. The molecule has 0 bridgehead atoms. The maximum Gasteiger partial charge on any atom is 0.306 e. The normalized spacial score (nSPS) is 14.8. The molecular formula is C26H34N6O3. The van der Waals surface area contributed by atoms with E-state index in [2.05, 4.69) is 23.8 Å². The fraction of sp³-hybridized carbons (Fsp3) is 0.500. The van der Waals surface area contributed by atoms with E-state index in [1.165, 1.54) is 0 Å². The number of amides is 1. The third kappa shape index (κ3) is 5.61. The Morgan fingerprint density at radius 2 is 1.77 bits per heavy atom. The highest BCUT2D eigenvalue weighted by atomic mass is 16.5. The second-order valence-corrected chi connectivity index (χ2v) is 8.90. The molecule has 1 aliphatic heterocycles. The van der Waals surface area contributed by atoms with Gasteiger partial charge in [0.1, 0.15) is 11.6 Å². The van der Waals surface area contributed by atoms with Crippen LogP contribution in [0.4, 0.5) is 5.82 Å². The predicted molar refractivity (Wildman–Crippen MR) is 135 cm³/mol. The first-order chi connectivity index (χ1) is 17.0. The number of nitrogens with zero attached hydrogens (tertiary/aromatic N) is 6. The number of ether oxygens (including phenoxy) is 1. The van der Waals surface area contributed by atoms with Crippen molar-refractivity contribution in [3.8, 4) is 5.69 Å². The van der Waals surface area contributed by atoms with Crippen LogP contribution < -0.4 is 4.90 Å². The molecule has 0 unspecified atom stereocenters. The molecule has 1 saturated heterocycles. The van der Waals surface area contributed by atoms with Crippen LogP contribution in [0.25, 0.3) is 16.7 Å². The monoisotopic (exact) mass is 478 g/mol. The Hall–Kier alpha value is -3.49. The summed E-state index contributed by atoms with van der Waals surface area (Å²) in [6, 6.07) is 10.00. The van der Waals surface area contributed by atoms with Crippen LogP contribution in [-0.4, -0.2) is 69.3 Å². The molecule has 2 aromatic heterocycles. The molecule has 0 saturated carbocycles. The van der Waals surface area contributed by atoms with Gasteiger partial charge in [0.25, 0.3) is 0 Å². The average Bonchev–Trinajstić information content (AvgIpc) is 3.32. The molecule has 1 aromatic carbocycles. The number of hydrogen-bond donors (Lipinski definition) is 0. The SMILES string of the molecule is CCC[C@H](C)c1nc(N2CCN(C(=O)CCC(=O)OCC)CC2)c2cnn(-c3ccccc3)c2n1. The molecule has 0 aliphatic carbocycles. The Bertz CT molecular complexity index is 1150. The third-order valence-electron chi connectivity index (χ3n) is 6.37. The number of carbonyl (C=O) groups excluding carboxylic acids is 2. The first-order valence-corrected chi connectivity index (χ1v) is 12.5. The van der Waals surface area contributed by atoms with E-state index in [0.29, 0.717) is 32.8 Å². The molecular weight excluding hydrogens is 444 g/mol. The maximum absolute atomic E-state index is 12.6. The summed E-state index contributed by atoms with van der Waals surface area (Å²) < 4.78 is 6.81. The Morgan fingerprint density at radius 1 is 1.03 bits per heavy atom. The quantitative estimate of drug-likeness (QED) is 0.433. The van der Waals surface area contributed by atoms with E-state index in [1.807, 2.05) is 46.1 Å². The number of rotatable bonds is 9. The summed E-state index contributed by atoms with van der Waals surface area (Å²) in [4.78, 5) is 38.2. The number of para-hydroxylation sites is 1. The smallest absolute Gasteiger partial charge is 0.306 e. The van der Waals surface area contributed by atoms with Crippen LogP contribution in [0.5, 0.6) is 0 Å². The highest BCUT2D eigenvalue weighted by molar-refractivity contribution is 5.88. The number of carbonyl (C=O) groups is 2. The second-order valence-electron chi connectivity index (χ2n) is 8.90. The van der Waals surface area contributed by atoms with Gasteiger partial charge in [0, 0.05) is 38.5 Å². The van der Waals surface area contributed by atoms with Crippen molar-refractivity contribution < 1.29 is 14.3 Å². The zero-order chi connectivity index (χ0) is 24.8. The minimum absolute atomic E-state index is 0.0142. The van der Waals surface area contributed by atoms with Gasteiger partial charge in [0.05, 0.1) is 30.3 Å². The van der Waals surface area contributed by atoms with Crippen LogP contribution in [0.15, 0.2) is 36.5 Å². The van der Waals surface area contributed by atoms with Crippen molar-refractivity contribution in [2.45, 2.75) is 52.4 Å². The summed E-state index contributed by atoms with van der Waals surface area (Å²) in [6.45, 7) is 8.92. The topological polar surface area (TPSA) is 93.5 Å². The van der Waals surface area contributed by atoms with Crippen molar-refractivity contribution in [3.63, 3.8) is 0 Å². The number of piperazine rings is 1. The van der Waals surface area contributed by atoms with Crippen molar-refractivity contribution in [3.05, 3.63) is 42.4 Å². The van der Waals surface area contributed by atoms with Crippen molar-refractivity contribution in [2.75, 3.05) is 37.7 Å². The van der Waals surface area contributed by atoms with E-state index in [1.54, 1.807) is 6.92 Å². The van der Waals surface area contributed by atoms with Crippen LogP contribution in [0.2, 0.25) is 0 Å². The van der Waals surface area contributed by atoms with Gasteiger partial charge in [-0.2, -0.15) is 5.10 Å².